The lowest BCUT2D eigenvalue weighted by Crippen LogP contribution is -2.30. The first-order chi connectivity index (χ1) is 8.31. The zero-order valence-corrected chi connectivity index (χ0v) is 11.0. The summed E-state index contributed by atoms with van der Waals surface area (Å²) in [4.78, 5) is 6.65. The monoisotopic (exact) mass is 236 g/mol. The molecule has 1 aliphatic heterocycles. The molecule has 4 nitrogen and oxygen atoms in total. The quantitative estimate of drug-likeness (QED) is 0.836. The van der Waals surface area contributed by atoms with Crippen molar-refractivity contribution in [3.8, 4) is 0 Å². The largest absolute Gasteiger partial charge is 0.333 e. The molecule has 1 unspecified atom stereocenters. The lowest BCUT2D eigenvalue weighted by Gasteiger charge is -2.24. The second-order valence-corrected chi connectivity index (χ2v) is 4.95. The van der Waals surface area contributed by atoms with E-state index in [1.165, 1.54) is 25.1 Å². The molecule has 96 valence electrons. The molecule has 0 aromatic carbocycles. The van der Waals surface area contributed by atoms with Gasteiger partial charge in [0.1, 0.15) is 0 Å². The fourth-order valence-electron chi connectivity index (χ4n) is 2.40. The summed E-state index contributed by atoms with van der Waals surface area (Å²) in [6.07, 6.45) is 6.60. The number of hydrogen-bond acceptors (Lipinski definition) is 3. The van der Waals surface area contributed by atoms with Crippen molar-refractivity contribution in [2.24, 2.45) is 0 Å². The first-order valence-corrected chi connectivity index (χ1v) is 6.70. The van der Waals surface area contributed by atoms with Gasteiger partial charge in [-0.15, -0.1) is 0 Å². The fraction of sp³-hybridized carbons (Fsp3) is 0.769. The van der Waals surface area contributed by atoms with Crippen LogP contribution in [-0.2, 0) is 6.54 Å². The molecule has 2 rings (SSSR count). The molecule has 17 heavy (non-hydrogen) atoms. The molecular formula is C13H24N4. The van der Waals surface area contributed by atoms with Crippen LogP contribution in [0.15, 0.2) is 12.5 Å². The Morgan fingerprint density at radius 3 is 3.18 bits per heavy atom. The van der Waals surface area contributed by atoms with E-state index in [9.17, 15) is 0 Å². The Kier molecular flexibility index (Phi) is 4.57. The highest BCUT2D eigenvalue weighted by Gasteiger charge is 2.18. The average Bonchev–Trinajstić information content (AvgIpc) is 2.85. The van der Waals surface area contributed by atoms with Gasteiger partial charge in [-0.1, -0.05) is 6.92 Å². The van der Waals surface area contributed by atoms with E-state index in [1.54, 1.807) is 0 Å². The molecule has 0 aliphatic carbocycles. The van der Waals surface area contributed by atoms with E-state index in [-0.39, 0.29) is 0 Å². The number of nitrogens with zero attached hydrogens (tertiary/aromatic N) is 3. The van der Waals surface area contributed by atoms with Crippen LogP contribution in [0, 0.1) is 0 Å². The van der Waals surface area contributed by atoms with E-state index in [0.29, 0.717) is 5.92 Å². The van der Waals surface area contributed by atoms with Crippen LogP contribution in [0.25, 0.3) is 0 Å². The van der Waals surface area contributed by atoms with E-state index in [4.69, 9.17) is 0 Å². The number of likely N-dealkylation sites (N-methyl/N-ethyl adjacent to an activating group) is 1. The van der Waals surface area contributed by atoms with E-state index in [0.717, 1.165) is 26.2 Å². The van der Waals surface area contributed by atoms with Crippen molar-refractivity contribution in [3.05, 3.63) is 18.2 Å². The Labute approximate surface area is 104 Å². The number of hydrogen-bond donors (Lipinski definition) is 1. The highest BCUT2D eigenvalue weighted by molar-refractivity contribution is 5.08. The lowest BCUT2D eigenvalue weighted by atomic mass is 9.96. The van der Waals surface area contributed by atoms with Crippen molar-refractivity contribution in [3.63, 3.8) is 0 Å². The second kappa shape index (κ2) is 6.17. The zero-order chi connectivity index (χ0) is 12.1. The maximum Gasteiger partial charge on any atom is 0.0948 e. The van der Waals surface area contributed by atoms with E-state index < -0.39 is 0 Å². The van der Waals surface area contributed by atoms with E-state index >= 15 is 0 Å². The molecular weight excluding hydrogens is 212 g/mol. The highest BCUT2D eigenvalue weighted by atomic mass is 15.1. The third-order valence-electron chi connectivity index (χ3n) is 3.72. The molecule has 0 amide bonds. The third kappa shape index (κ3) is 3.30. The molecule has 0 saturated carbocycles. The first-order valence-electron chi connectivity index (χ1n) is 6.70. The third-order valence-corrected chi connectivity index (χ3v) is 3.72. The molecule has 1 aliphatic rings. The lowest BCUT2D eigenvalue weighted by molar-refractivity contribution is 0.329. The van der Waals surface area contributed by atoms with Crippen molar-refractivity contribution in [2.75, 3.05) is 33.2 Å². The van der Waals surface area contributed by atoms with Crippen LogP contribution in [0.5, 0.6) is 0 Å². The molecule has 1 fully saturated rings. The van der Waals surface area contributed by atoms with Gasteiger partial charge in [-0.25, -0.2) is 4.98 Å². The fourth-order valence-corrected chi connectivity index (χ4v) is 2.40. The summed E-state index contributed by atoms with van der Waals surface area (Å²) >= 11 is 0. The molecule has 4 heteroatoms. The Morgan fingerprint density at radius 2 is 2.47 bits per heavy atom. The van der Waals surface area contributed by atoms with Crippen LogP contribution in [0.2, 0.25) is 0 Å². The Morgan fingerprint density at radius 1 is 1.59 bits per heavy atom. The van der Waals surface area contributed by atoms with E-state index in [2.05, 4.69) is 33.7 Å². The Balaban J connectivity index is 1.95. The maximum atomic E-state index is 4.32. The molecule has 1 aromatic rings. The molecule has 1 aromatic heterocycles. The summed E-state index contributed by atoms with van der Waals surface area (Å²) in [6.45, 7) is 7.73. The van der Waals surface area contributed by atoms with Crippen molar-refractivity contribution in [2.45, 2.75) is 32.2 Å². The molecule has 0 spiro atoms. The summed E-state index contributed by atoms with van der Waals surface area (Å²) in [5.41, 5.74) is 1.40. The predicted molar refractivity (Wildman–Crippen MR) is 70.2 cm³/mol. The summed E-state index contributed by atoms with van der Waals surface area (Å²) in [6, 6.07) is 0. The zero-order valence-electron chi connectivity index (χ0n) is 11.0. The van der Waals surface area contributed by atoms with Gasteiger partial charge in [-0.3, -0.25) is 0 Å². The Hall–Kier alpha value is -0.870. The molecule has 2 heterocycles. The summed E-state index contributed by atoms with van der Waals surface area (Å²) in [5, 5.41) is 3.47. The Bertz CT molecular complexity index is 328. The van der Waals surface area contributed by atoms with Crippen molar-refractivity contribution < 1.29 is 0 Å². The van der Waals surface area contributed by atoms with Gasteiger partial charge in [0, 0.05) is 37.4 Å². The van der Waals surface area contributed by atoms with Gasteiger partial charge >= 0.3 is 0 Å². The van der Waals surface area contributed by atoms with Gasteiger partial charge in [-0.2, -0.15) is 0 Å². The van der Waals surface area contributed by atoms with Crippen LogP contribution in [-0.4, -0.2) is 47.7 Å². The van der Waals surface area contributed by atoms with Crippen LogP contribution < -0.4 is 5.32 Å². The minimum absolute atomic E-state index is 0.651. The summed E-state index contributed by atoms with van der Waals surface area (Å²) in [5.74, 6) is 0.651. The van der Waals surface area contributed by atoms with Gasteiger partial charge in [0.25, 0.3) is 0 Å². The van der Waals surface area contributed by atoms with E-state index in [1.807, 2.05) is 12.5 Å². The number of imidazole rings is 1. The molecule has 1 N–H and O–H groups in total. The number of aromatic nitrogens is 2. The SMILES string of the molecule is CCN(C)CCn1cncc1C1CCCNC1. The molecule has 1 saturated heterocycles. The van der Waals surface area contributed by atoms with Crippen molar-refractivity contribution in [1.29, 1.82) is 0 Å². The maximum absolute atomic E-state index is 4.32. The first kappa shape index (κ1) is 12.6. The number of piperidine rings is 1. The minimum atomic E-state index is 0.651. The van der Waals surface area contributed by atoms with Crippen LogP contribution in [0.3, 0.4) is 0 Å². The predicted octanol–water partition coefficient (Wildman–Crippen LogP) is 1.30. The average molecular weight is 236 g/mol. The summed E-state index contributed by atoms with van der Waals surface area (Å²) in [7, 11) is 2.17. The van der Waals surface area contributed by atoms with Crippen LogP contribution in [0.4, 0.5) is 0 Å². The molecule has 0 radical (unpaired) electrons. The minimum Gasteiger partial charge on any atom is -0.333 e. The van der Waals surface area contributed by atoms with Crippen LogP contribution in [0.1, 0.15) is 31.4 Å². The van der Waals surface area contributed by atoms with Gasteiger partial charge in [0.05, 0.1) is 6.33 Å². The van der Waals surface area contributed by atoms with Gasteiger partial charge in [0.2, 0.25) is 0 Å². The molecule has 0 bridgehead atoms. The van der Waals surface area contributed by atoms with Crippen molar-refractivity contribution >= 4 is 0 Å². The smallest absolute Gasteiger partial charge is 0.0948 e. The normalized spacial score (nSPS) is 21.0. The topological polar surface area (TPSA) is 33.1 Å². The standard InChI is InChI=1S/C13H24N4/c1-3-16(2)7-8-17-11-15-10-13(17)12-5-4-6-14-9-12/h10-12,14H,3-9H2,1-2H3. The van der Waals surface area contributed by atoms with Crippen LogP contribution >= 0.6 is 0 Å². The molecule has 1 atom stereocenters. The van der Waals surface area contributed by atoms with Gasteiger partial charge in [-0.05, 0) is 33.0 Å². The van der Waals surface area contributed by atoms with Gasteiger partial charge < -0.3 is 14.8 Å². The summed E-state index contributed by atoms with van der Waals surface area (Å²) < 4.78 is 2.32. The highest BCUT2D eigenvalue weighted by Crippen LogP contribution is 2.22. The second-order valence-electron chi connectivity index (χ2n) is 4.95. The van der Waals surface area contributed by atoms with Gasteiger partial charge in [0.15, 0.2) is 0 Å². The van der Waals surface area contributed by atoms with Crippen molar-refractivity contribution in [1.82, 2.24) is 19.8 Å². The number of rotatable bonds is 5. The number of nitrogens with one attached hydrogen (secondary N) is 1.